The first-order chi connectivity index (χ1) is 12.0. The largest absolute Gasteiger partial charge is 0.281 e. The van der Waals surface area contributed by atoms with Crippen LogP contribution in [0.3, 0.4) is 0 Å². The van der Waals surface area contributed by atoms with Gasteiger partial charge in [0.05, 0.1) is 5.69 Å². The molecule has 0 unspecified atom stereocenters. The number of amides is 2. The maximum atomic E-state index is 13.0. The van der Waals surface area contributed by atoms with Crippen LogP contribution in [0, 0.1) is 12.7 Å². The molecule has 3 aromatic rings. The second-order valence-electron chi connectivity index (χ2n) is 5.21. The van der Waals surface area contributed by atoms with E-state index >= 15 is 0 Å². The second kappa shape index (κ2) is 7.23. The average Bonchev–Trinajstić information content (AvgIpc) is 3.02. The smallest absolute Gasteiger partial charge is 0.267 e. The van der Waals surface area contributed by atoms with Gasteiger partial charge in [-0.05, 0) is 43.3 Å². The van der Waals surface area contributed by atoms with Crippen LogP contribution in [0.25, 0.3) is 10.6 Å². The van der Waals surface area contributed by atoms with Gasteiger partial charge >= 0.3 is 0 Å². The van der Waals surface area contributed by atoms with Crippen LogP contribution < -0.4 is 10.9 Å². The SMILES string of the molecule is Cc1nc(-c2ccc(F)cc2)sc1C(=O)NNC(=O)c1ccccc1. The molecule has 0 aliphatic carbocycles. The molecule has 0 fully saturated rings. The Balaban J connectivity index is 1.70. The lowest BCUT2D eigenvalue weighted by Gasteiger charge is -2.06. The highest BCUT2D eigenvalue weighted by molar-refractivity contribution is 7.17. The van der Waals surface area contributed by atoms with Crippen molar-refractivity contribution in [2.45, 2.75) is 6.92 Å². The highest BCUT2D eigenvalue weighted by Crippen LogP contribution is 2.27. The van der Waals surface area contributed by atoms with Crippen molar-refractivity contribution in [1.82, 2.24) is 15.8 Å². The molecule has 0 atom stereocenters. The topological polar surface area (TPSA) is 71.1 Å². The molecule has 3 rings (SSSR count). The highest BCUT2D eigenvalue weighted by atomic mass is 32.1. The quantitative estimate of drug-likeness (QED) is 0.708. The van der Waals surface area contributed by atoms with Gasteiger partial charge in [-0.25, -0.2) is 9.37 Å². The number of rotatable bonds is 3. The summed E-state index contributed by atoms with van der Waals surface area (Å²) in [7, 11) is 0. The summed E-state index contributed by atoms with van der Waals surface area (Å²) in [5.41, 5.74) is 6.46. The summed E-state index contributed by atoms with van der Waals surface area (Å²) in [5.74, 6) is -1.19. The van der Waals surface area contributed by atoms with E-state index in [-0.39, 0.29) is 5.82 Å². The van der Waals surface area contributed by atoms with Crippen molar-refractivity contribution >= 4 is 23.2 Å². The second-order valence-corrected chi connectivity index (χ2v) is 6.21. The molecule has 25 heavy (non-hydrogen) atoms. The molecule has 2 amide bonds. The Morgan fingerprint density at radius 3 is 2.28 bits per heavy atom. The van der Waals surface area contributed by atoms with Crippen molar-refractivity contribution in [1.29, 1.82) is 0 Å². The van der Waals surface area contributed by atoms with Crippen LogP contribution in [-0.4, -0.2) is 16.8 Å². The van der Waals surface area contributed by atoms with Crippen molar-refractivity contribution < 1.29 is 14.0 Å². The fraction of sp³-hybridized carbons (Fsp3) is 0.0556. The number of carbonyl (C=O) groups is 2. The molecule has 0 spiro atoms. The molecule has 2 aromatic carbocycles. The number of hydrogen-bond donors (Lipinski definition) is 2. The van der Waals surface area contributed by atoms with Gasteiger partial charge < -0.3 is 0 Å². The molecule has 7 heteroatoms. The molecular weight excluding hydrogens is 341 g/mol. The molecule has 0 aliphatic rings. The molecule has 1 aromatic heterocycles. The molecule has 0 aliphatic heterocycles. The fourth-order valence-corrected chi connectivity index (χ4v) is 3.12. The lowest BCUT2D eigenvalue weighted by Crippen LogP contribution is -2.41. The Morgan fingerprint density at radius 2 is 1.60 bits per heavy atom. The van der Waals surface area contributed by atoms with Gasteiger partial charge in [0.25, 0.3) is 11.8 Å². The van der Waals surface area contributed by atoms with Crippen molar-refractivity contribution in [3.8, 4) is 10.6 Å². The summed E-state index contributed by atoms with van der Waals surface area (Å²) in [6.45, 7) is 1.71. The first-order valence-corrected chi connectivity index (χ1v) is 8.25. The van der Waals surface area contributed by atoms with Gasteiger partial charge in [0.1, 0.15) is 15.7 Å². The minimum atomic E-state index is -0.451. The van der Waals surface area contributed by atoms with E-state index in [0.717, 1.165) is 5.56 Å². The standard InChI is InChI=1S/C18H14FN3O2S/c1-11-15(25-18(20-11)13-7-9-14(19)10-8-13)17(24)22-21-16(23)12-5-3-2-4-6-12/h2-10H,1H3,(H,21,23)(H,22,24). The zero-order valence-electron chi connectivity index (χ0n) is 13.2. The van der Waals surface area contributed by atoms with E-state index in [4.69, 9.17) is 0 Å². The third kappa shape index (κ3) is 3.89. The monoisotopic (exact) mass is 355 g/mol. The molecule has 0 saturated carbocycles. The fourth-order valence-electron chi connectivity index (χ4n) is 2.16. The number of halogens is 1. The minimum absolute atomic E-state index is 0.335. The van der Waals surface area contributed by atoms with Crippen LogP contribution in [0.4, 0.5) is 4.39 Å². The van der Waals surface area contributed by atoms with E-state index < -0.39 is 11.8 Å². The molecule has 5 nitrogen and oxygen atoms in total. The van der Waals surface area contributed by atoms with Crippen LogP contribution in [0.5, 0.6) is 0 Å². The maximum absolute atomic E-state index is 13.0. The van der Waals surface area contributed by atoms with E-state index in [1.54, 1.807) is 49.4 Å². The first-order valence-electron chi connectivity index (χ1n) is 7.43. The van der Waals surface area contributed by atoms with Crippen LogP contribution in [0.15, 0.2) is 54.6 Å². The van der Waals surface area contributed by atoms with Crippen LogP contribution in [0.2, 0.25) is 0 Å². The summed E-state index contributed by atoms with van der Waals surface area (Å²) < 4.78 is 13.0. The Morgan fingerprint density at radius 1 is 0.960 bits per heavy atom. The number of hydrogen-bond acceptors (Lipinski definition) is 4. The van der Waals surface area contributed by atoms with Crippen molar-refractivity contribution in [3.05, 3.63) is 76.5 Å². The van der Waals surface area contributed by atoms with E-state index in [1.807, 2.05) is 0 Å². The Labute approximate surface area is 147 Å². The lowest BCUT2D eigenvalue weighted by molar-refractivity contribution is 0.0848. The summed E-state index contributed by atoms with van der Waals surface area (Å²) in [4.78, 5) is 29.0. The third-order valence-corrected chi connectivity index (χ3v) is 4.62. The van der Waals surface area contributed by atoms with Gasteiger partial charge in [-0.1, -0.05) is 18.2 Å². The number of thiazole rings is 1. The van der Waals surface area contributed by atoms with E-state index in [1.165, 1.54) is 23.5 Å². The molecule has 126 valence electrons. The predicted molar refractivity (Wildman–Crippen MR) is 93.6 cm³/mol. The molecule has 0 bridgehead atoms. The molecule has 2 N–H and O–H groups in total. The third-order valence-electron chi connectivity index (χ3n) is 3.42. The summed E-state index contributed by atoms with van der Waals surface area (Å²) in [6, 6.07) is 14.4. The van der Waals surface area contributed by atoms with Gasteiger partial charge in [0, 0.05) is 11.1 Å². The zero-order valence-corrected chi connectivity index (χ0v) is 14.1. The van der Waals surface area contributed by atoms with Gasteiger partial charge in [0.15, 0.2) is 0 Å². The molecular formula is C18H14FN3O2S. The Hall–Kier alpha value is -3.06. The molecule has 1 heterocycles. The van der Waals surface area contributed by atoms with E-state index in [9.17, 15) is 14.0 Å². The van der Waals surface area contributed by atoms with Crippen molar-refractivity contribution in [3.63, 3.8) is 0 Å². The average molecular weight is 355 g/mol. The number of aromatic nitrogens is 1. The molecule has 0 saturated heterocycles. The Bertz CT molecular complexity index is 908. The van der Waals surface area contributed by atoms with Crippen molar-refractivity contribution in [2.75, 3.05) is 0 Å². The predicted octanol–water partition coefficient (Wildman–Crippen LogP) is 3.33. The summed E-state index contributed by atoms with van der Waals surface area (Å²) in [5, 5.41) is 0.608. The number of carbonyl (C=O) groups excluding carboxylic acids is 2. The summed E-state index contributed by atoms with van der Waals surface area (Å²) >= 11 is 1.18. The number of aryl methyl sites for hydroxylation is 1. The van der Waals surface area contributed by atoms with Crippen LogP contribution in [0.1, 0.15) is 25.7 Å². The lowest BCUT2D eigenvalue weighted by atomic mass is 10.2. The van der Waals surface area contributed by atoms with Gasteiger partial charge in [-0.2, -0.15) is 0 Å². The van der Waals surface area contributed by atoms with Gasteiger partial charge in [-0.3, -0.25) is 20.4 Å². The minimum Gasteiger partial charge on any atom is -0.267 e. The van der Waals surface area contributed by atoms with Gasteiger partial charge in [-0.15, -0.1) is 11.3 Å². The normalized spacial score (nSPS) is 10.3. The van der Waals surface area contributed by atoms with E-state index in [2.05, 4.69) is 15.8 Å². The van der Waals surface area contributed by atoms with Crippen molar-refractivity contribution in [2.24, 2.45) is 0 Å². The maximum Gasteiger partial charge on any atom is 0.281 e. The summed E-state index contributed by atoms with van der Waals surface area (Å²) in [6.07, 6.45) is 0. The zero-order chi connectivity index (χ0) is 17.8. The number of nitrogens with one attached hydrogen (secondary N) is 2. The number of nitrogens with zero attached hydrogens (tertiary/aromatic N) is 1. The Kier molecular flexibility index (Phi) is 4.85. The van der Waals surface area contributed by atoms with Gasteiger partial charge in [0.2, 0.25) is 0 Å². The van der Waals surface area contributed by atoms with Crippen LogP contribution >= 0.6 is 11.3 Å². The number of benzene rings is 2. The first kappa shape index (κ1) is 16.8. The van der Waals surface area contributed by atoms with E-state index in [0.29, 0.717) is 21.1 Å². The van der Waals surface area contributed by atoms with Crippen LogP contribution in [-0.2, 0) is 0 Å². The number of hydrazine groups is 1. The molecule has 0 radical (unpaired) electrons. The highest BCUT2D eigenvalue weighted by Gasteiger charge is 2.17.